The highest BCUT2D eigenvalue weighted by molar-refractivity contribution is 5.95. The molecule has 0 radical (unpaired) electrons. The fraction of sp³-hybridized carbons (Fsp3) is 0.467. The van der Waals surface area contributed by atoms with Crippen LogP contribution in [0.3, 0.4) is 0 Å². The second kappa shape index (κ2) is 5.04. The van der Waals surface area contributed by atoms with E-state index in [2.05, 4.69) is 0 Å². The van der Waals surface area contributed by atoms with Crippen LogP contribution in [0.25, 0.3) is 0 Å². The van der Waals surface area contributed by atoms with Gasteiger partial charge in [0, 0.05) is 12.0 Å². The van der Waals surface area contributed by atoms with Crippen molar-refractivity contribution in [1.82, 2.24) is 4.90 Å². The van der Waals surface area contributed by atoms with Crippen LogP contribution in [-0.2, 0) is 16.0 Å². The number of hydrogen-bond donors (Lipinski definition) is 1. The fourth-order valence-electron chi connectivity index (χ4n) is 2.73. The van der Waals surface area contributed by atoms with Gasteiger partial charge in [-0.15, -0.1) is 0 Å². The summed E-state index contributed by atoms with van der Waals surface area (Å²) in [5.74, 6) is -0.203. The number of ether oxygens (including phenoxy) is 2. The summed E-state index contributed by atoms with van der Waals surface area (Å²) in [7, 11) is 0. The third kappa shape index (κ3) is 2.71. The van der Waals surface area contributed by atoms with Crippen LogP contribution in [0.5, 0.6) is 5.75 Å². The minimum absolute atomic E-state index is 0.0545. The Kier molecular flexibility index (Phi) is 3.33. The number of amides is 1. The zero-order valence-corrected chi connectivity index (χ0v) is 11.8. The third-order valence-corrected chi connectivity index (χ3v) is 3.82. The van der Waals surface area contributed by atoms with E-state index in [1.54, 1.807) is 11.0 Å². The first kappa shape index (κ1) is 13.9. The van der Waals surface area contributed by atoms with Crippen LogP contribution >= 0.6 is 0 Å². The van der Waals surface area contributed by atoms with E-state index in [1.165, 1.54) is 0 Å². The second-order valence-corrected chi connectivity index (χ2v) is 5.71. The topological polar surface area (TPSA) is 76.1 Å². The zero-order valence-electron chi connectivity index (χ0n) is 11.8. The van der Waals surface area contributed by atoms with Crippen LogP contribution in [-0.4, -0.2) is 53.8 Å². The normalized spacial score (nSPS) is 18.6. The van der Waals surface area contributed by atoms with Gasteiger partial charge in [0.25, 0.3) is 5.91 Å². The number of carboxylic acids is 1. The van der Waals surface area contributed by atoms with Crippen molar-refractivity contribution in [3.05, 3.63) is 29.3 Å². The number of nitrogens with zero attached hydrogens (tertiary/aromatic N) is 1. The Morgan fingerprint density at radius 3 is 2.90 bits per heavy atom. The van der Waals surface area contributed by atoms with Gasteiger partial charge in [-0.1, -0.05) is 0 Å². The van der Waals surface area contributed by atoms with Gasteiger partial charge >= 0.3 is 5.97 Å². The molecular formula is C15H17NO5. The number of fused-ring (bicyclic) bond motifs is 1. The average molecular weight is 291 g/mol. The quantitative estimate of drug-likeness (QED) is 0.893. The molecule has 0 aromatic heterocycles. The largest absolute Gasteiger partial charge is 0.493 e. The Balaban J connectivity index is 1.62. The number of carbonyl (C=O) groups excluding carboxylic acids is 1. The number of hydrogen-bond acceptors (Lipinski definition) is 4. The van der Waals surface area contributed by atoms with Crippen LogP contribution in [0.2, 0.25) is 0 Å². The Bertz CT molecular complexity index is 592. The predicted octanol–water partition coefficient (Wildman–Crippen LogP) is 0.937. The average Bonchev–Trinajstić information content (AvgIpc) is 2.88. The van der Waals surface area contributed by atoms with Gasteiger partial charge in [-0.25, -0.2) is 4.79 Å². The van der Waals surface area contributed by atoms with E-state index in [0.29, 0.717) is 25.3 Å². The lowest BCUT2D eigenvalue weighted by molar-refractivity contribution is -0.159. The Labute approximate surface area is 122 Å². The maximum Gasteiger partial charge on any atom is 0.329 e. The summed E-state index contributed by atoms with van der Waals surface area (Å²) in [6.45, 7) is 2.96. The molecule has 2 heterocycles. The number of rotatable bonds is 4. The summed E-state index contributed by atoms with van der Waals surface area (Å²) in [5, 5.41) is 8.62. The molecule has 0 bridgehead atoms. The van der Waals surface area contributed by atoms with Gasteiger partial charge in [0.05, 0.1) is 19.7 Å². The Morgan fingerprint density at radius 1 is 1.43 bits per heavy atom. The van der Waals surface area contributed by atoms with Crippen molar-refractivity contribution in [2.45, 2.75) is 18.9 Å². The number of benzene rings is 1. The molecule has 0 saturated carbocycles. The van der Waals surface area contributed by atoms with Crippen LogP contribution in [0.15, 0.2) is 18.2 Å². The maximum absolute atomic E-state index is 12.4. The molecule has 0 spiro atoms. The standard InChI is InChI=1S/C15H17NO5/c1-15(21-7-13(17)18)8-16(9-15)14(19)11-2-3-12-10(6-11)4-5-20-12/h2-3,6H,4-5,7-9H2,1H3,(H,17,18). The monoisotopic (exact) mass is 291 g/mol. The van der Waals surface area contributed by atoms with E-state index in [4.69, 9.17) is 14.6 Å². The first-order valence-corrected chi connectivity index (χ1v) is 6.88. The minimum Gasteiger partial charge on any atom is -0.493 e. The predicted molar refractivity (Wildman–Crippen MR) is 73.5 cm³/mol. The SMILES string of the molecule is CC1(OCC(=O)O)CN(C(=O)c2ccc3c(c2)CCO3)C1. The lowest BCUT2D eigenvalue weighted by atomic mass is 9.95. The molecule has 1 aromatic rings. The molecule has 1 fully saturated rings. The van der Waals surface area contributed by atoms with Crippen molar-refractivity contribution >= 4 is 11.9 Å². The van der Waals surface area contributed by atoms with Crippen LogP contribution in [0, 0.1) is 0 Å². The van der Waals surface area contributed by atoms with Gasteiger partial charge in [-0.2, -0.15) is 0 Å². The molecule has 21 heavy (non-hydrogen) atoms. The van der Waals surface area contributed by atoms with Gasteiger partial charge in [0.15, 0.2) is 0 Å². The molecule has 6 heteroatoms. The molecule has 1 saturated heterocycles. The van der Waals surface area contributed by atoms with Gasteiger partial charge in [-0.05, 0) is 30.7 Å². The molecule has 0 unspecified atom stereocenters. The summed E-state index contributed by atoms with van der Waals surface area (Å²) < 4.78 is 10.7. The van der Waals surface area contributed by atoms with Gasteiger partial charge < -0.3 is 19.5 Å². The van der Waals surface area contributed by atoms with Crippen molar-refractivity contribution in [1.29, 1.82) is 0 Å². The van der Waals surface area contributed by atoms with E-state index >= 15 is 0 Å². The van der Waals surface area contributed by atoms with E-state index in [9.17, 15) is 9.59 Å². The van der Waals surface area contributed by atoms with Crippen LogP contribution in [0.1, 0.15) is 22.8 Å². The van der Waals surface area contributed by atoms with Crippen molar-refractivity contribution in [2.75, 3.05) is 26.3 Å². The van der Waals surface area contributed by atoms with Gasteiger partial charge in [0.1, 0.15) is 18.0 Å². The molecule has 0 atom stereocenters. The molecule has 0 aliphatic carbocycles. The summed E-state index contributed by atoms with van der Waals surface area (Å²) >= 11 is 0. The summed E-state index contributed by atoms with van der Waals surface area (Å²) in [4.78, 5) is 24.5. The number of carbonyl (C=O) groups is 2. The van der Waals surface area contributed by atoms with E-state index in [0.717, 1.165) is 17.7 Å². The zero-order chi connectivity index (χ0) is 15.0. The van der Waals surface area contributed by atoms with Crippen molar-refractivity contribution < 1.29 is 24.2 Å². The molecule has 3 rings (SSSR count). The van der Waals surface area contributed by atoms with Crippen LogP contribution in [0.4, 0.5) is 0 Å². The summed E-state index contributed by atoms with van der Waals surface area (Å²) in [6, 6.07) is 5.47. The molecule has 112 valence electrons. The van der Waals surface area contributed by atoms with E-state index in [1.807, 2.05) is 19.1 Å². The van der Waals surface area contributed by atoms with E-state index < -0.39 is 11.6 Å². The highest BCUT2D eigenvalue weighted by Crippen LogP contribution is 2.29. The highest BCUT2D eigenvalue weighted by atomic mass is 16.5. The number of likely N-dealkylation sites (tertiary alicyclic amines) is 1. The first-order valence-electron chi connectivity index (χ1n) is 6.88. The Morgan fingerprint density at radius 2 is 2.19 bits per heavy atom. The van der Waals surface area contributed by atoms with Crippen LogP contribution < -0.4 is 4.74 Å². The third-order valence-electron chi connectivity index (χ3n) is 3.82. The molecule has 1 aromatic carbocycles. The lowest BCUT2D eigenvalue weighted by Gasteiger charge is -2.47. The van der Waals surface area contributed by atoms with Gasteiger partial charge in [-0.3, -0.25) is 4.79 Å². The number of carboxylic acid groups (broad SMARTS) is 1. The first-order chi connectivity index (χ1) is 9.97. The second-order valence-electron chi connectivity index (χ2n) is 5.71. The van der Waals surface area contributed by atoms with Crippen molar-refractivity contribution in [3.63, 3.8) is 0 Å². The van der Waals surface area contributed by atoms with Crippen molar-refractivity contribution in [3.8, 4) is 5.75 Å². The molecular weight excluding hydrogens is 274 g/mol. The molecule has 6 nitrogen and oxygen atoms in total. The maximum atomic E-state index is 12.4. The Hall–Kier alpha value is -2.08. The van der Waals surface area contributed by atoms with Gasteiger partial charge in [0.2, 0.25) is 0 Å². The van der Waals surface area contributed by atoms with E-state index in [-0.39, 0.29) is 12.5 Å². The minimum atomic E-state index is -1.00. The molecule has 2 aliphatic heterocycles. The smallest absolute Gasteiger partial charge is 0.329 e. The lowest BCUT2D eigenvalue weighted by Crippen LogP contribution is -2.63. The summed E-state index contributed by atoms with van der Waals surface area (Å²) in [6.07, 6.45) is 0.829. The molecule has 2 aliphatic rings. The fourth-order valence-corrected chi connectivity index (χ4v) is 2.73. The number of aliphatic carboxylic acids is 1. The summed E-state index contributed by atoms with van der Waals surface area (Å²) in [5.41, 5.74) is 1.14. The highest BCUT2D eigenvalue weighted by Gasteiger charge is 2.43. The van der Waals surface area contributed by atoms with Crippen molar-refractivity contribution in [2.24, 2.45) is 0 Å². The molecule has 1 amide bonds. The molecule has 1 N–H and O–H groups in total.